The molecule has 5 nitrogen and oxygen atoms in total. The van der Waals surface area contributed by atoms with Crippen molar-refractivity contribution in [1.82, 2.24) is 4.72 Å². The minimum absolute atomic E-state index is 0.0497. The topological polar surface area (TPSA) is 81.4 Å². The van der Waals surface area contributed by atoms with Crippen molar-refractivity contribution in [2.75, 3.05) is 12.8 Å². The molecular weight excluding hydrogens is 323 g/mol. The van der Waals surface area contributed by atoms with Gasteiger partial charge in [-0.2, -0.15) is 0 Å². The molecule has 1 aromatic carbocycles. The molecule has 20 heavy (non-hydrogen) atoms. The van der Waals surface area contributed by atoms with Crippen LogP contribution in [-0.2, 0) is 14.8 Å². The third-order valence-electron chi connectivity index (χ3n) is 3.42. The number of nitrogens with two attached hydrogens (primary N) is 1. The van der Waals surface area contributed by atoms with Crippen molar-refractivity contribution in [3.8, 4) is 0 Å². The van der Waals surface area contributed by atoms with E-state index in [1.165, 1.54) is 12.1 Å². The summed E-state index contributed by atoms with van der Waals surface area (Å²) in [6.07, 6.45) is 2.31. The van der Waals surface area contributed by atoms with E-state index in [-0.39, 0.29) is 32.8 Å². The van der Waals surface area contributed by atoms with Crippen LogP contribution < -0.4 is 10.5 Å². The Labute approximate surface area is 128 Å². The third kappa shape index (κ3) is 3.20. The second-order valence-electron chi connectivity index (χ2n) is 4.76. The lowest BCUT2D eigenvalue weighted by Gasteiger charge is -2.15. The molecule has 1 fully saturated rings. The van der Waals surface area contributed by atoms with Crippen LogP contribution in [0.5, 0.6) is 0 Å². The molecule has 0 heterocycles. The molecule has 0 amide bonds. The second-order valence-corrected chi connectivity index (χ2v) is 7.23. The Morgan fingerprint density at radius 3 is 2.65 bits per heavy atom. The van der Waals surface area contributed by atoms with Crippen molar-refractivity contribution in [2.45, 2.75) is 36.3 Å². The van der Waals surface area contributed by atoms with E-state index in [0.29, 0.717) is 6.42 Å². The van der Waals surface area contributed by atoms with E-state index in [2.05, 4.69) is 4.72 Å². The van der Waals surface area contributed by atoms with Crippen molar-refractivity contribution >= 4 is 38.9 Å². The number of methoxy groups -OCH3 is 1. The summed E-state index contributed by atoms with van der Waals surface area (Å²) >= 11 is 11.8. The highest BCUT2D eigenvalue weighted by Crippen LogP contribution is 2.33. The average Bonchev–Trinajstić information content (AvgIpc) is 2.82. The van der Waals surface area contributed by atoms with Gasteiger partial charge < -0.3 is 10.5 Å². The van der Waals surface area contributed by atoms with Gasteiger partial charge in [0.25, 0.3) is 0 Å². The maximum Gasteiger partial charge on any atom is 0.242 e. The smallest absolute Gasteiger partial charge is 0.242 e. The molecule has 3 N–H and O–H groups in total. The van der Waals surface area contributed by atoms with Crippen molar-refractivity contribution < 1.29 is 13.2 Å². The number of hydrogen-bond donors (Lipinski definition) is 2. The Bertz CT molecular complexity index is 607. The Morgan fingerprint density at radius 2 is 2.05 bits per heavy atom. The van der Waals surface area contributed by atoms with Gasteiger partial charge in [0.1, 0.15) is 4.90 Å². The highest BCUT2D eigenvalue weighted by atomic mass is 35.5. The minimum Gasteiger partial charge on any atom is -0.396 e. The fourth-order valence-corrected chi connectivity index (χ4v) is 4.35. The molecule has 1 saturated carbocycles. The quantitative estimate of drug-likeness (QED) is 0.826. The molecule has 0 spiro atoms. The van der Waals surface area contributed by atoms with Crippen LogP contribution in [0.4, 0.5) is 5.69 Å². The first kappa shape index (κ1) is 15.9. The largest absolute Gasteiger partial charge is 0.396 e. The van der Waals surface area contributed by atoms with Crippen LogP contribution in [-0.4, -0.2) is 27.7 Å². The zero-order valence-corrected chi connectivity index (χ0v) is 13.2. The van der Waals surface area contributed by atoms with E-state index in [9.17, 15) is 8.42 Å². The first-order chi connectivity index (χ1) is 9.35. The third-order valence-corrected chi connectivity index (χ3v) is 5.83. The number of nitrogens with one attached hydrogen (secondary N) is 1. The van der Waals surface area contributed by atoms with Gasteiger partial charge in [0, 0.05) is 13.2 Å². The van der Waals surface area contributed by atoms with E-state index in [1.807, 2.05) is 0 Å². The molecular formula is C12H16Cl2N2O3S. The number of sulfonamides is 1. The summed E-state index contributed by atoms with van der Waals surface area (Å²) in [5.41, 5.74) is 5.72. The highest BCUT2D eigenvalue weighted by molar-refractivity contribution is 7.89. The molecule has 0 saturated heterocycles. The second kappa shape index (κ2) is 6.07. The number of anilines is 1. The average molecular weight is 339 g/mol. The van der Waals surface area contributed by atoms with Gasteiger partial charge in [-0.25, -0.2) is 13.1 Å². The molecule has 1 aliphatic carbocycles. The molecule has 2 unspecified atom stereocenters. The van der Waals surface area contributed by atoms with Crippen LogP contribution in [0, 0.1) is 0 Å². The number of benzene rings is 1. The summed E-state index contributed by atoms with van der Waals surface area (Å²) in [5.74, 6) is 0. The maximum atomic E-state index is 12.3. The van der Waals surface area contributed by atoms with E-state index >= 15 is 0 Å². The monoisotopic (exact) mass is 338 g/mol. The molecule has 2 rings (SSSR count). The summed E-state index contributed by atoms with van der Waals surface area (Å²) in [4.78, 5) is -0.0538. The van der Waals surface area contributed by atoms with Crippen molar-refractivity contribution in [2.24, 2.45) is 0 Å². The van der Waals surface area contributed by atoms with Crippen molar-refractivity contribution in [3.05, 3.63) is 22.2 Å². The van der Waals surface area contributed by atoms with Crippen LogP contribution in [0.2, 0.25) is 10.0 Å². The summed E-state index contributed by atoms with van der Waals surface area (Å²) in [6.45, 7) is 0. The maximum absolute atomic E-state index is 12.3. The number of hydrogen-bond acceptors (Lipinski definition) is 4. The fraction of sp³-hybridized carbons (Fsp3) is 0.500. The van der Waals surface area contributed by atoms with Crippen LogP contribution in [0.15, 0.2) is 17.0 Å². The van der Waals surface area contributed by atoms with Gasteiger partial charge in [-0.1, -0.05) is 23.2 Å². The predicted octanol–water partition coefficient (Wildman–Crippen LogP) is 2.42. The van der Waals surface area contributed by atoms with Gasteiger partial charge in [-0.15, -0.1) is 0 Å². The van der Waals surface area contributed by atoms with Gasteiger partial charge >= 0.3 is 0 Å². The summed E-state index contributed by atoms with van der Waals surface area (Å²) in [7, 11) is -2.10. The molecule has 2 atom stereocenters. The minimum atomic E-state index is -3.72. The fourth-order valence-electron chi connectivity index (χ4n) is 2.30. The Balaban J connectivity index is 2.21. The zero-order chi connectivity index (χ0) is 14.9. The molecule has 1 aliphatic rings. The molecule has 112 valence electrons. The lowest BCUT2D eigenvalue weighted by atomic mass is 10.3. The molecule has 0 aliphatic heterocycles. The standard InChI is InChI=1S/C12H16Cl2N2O3S/c1-19-8-3-2-7(6-8)16-20(17,18)10-5-4-9(13)12(15)11(10)14/h4-5,7-8,16H,2-3,6,15H2,1H3. The van der Waals surface area contributed by atoms with Crippen LogP contribution in [0.1, 0.15) is 19.3 Å². The number of halogens is 2. The molecule has 0 aromatic heterocycles. The molecule has 8 heteroatoms. The van der Waals surface area contributed by atoms with Gasteiger partial charge in [0.15, 0.2) is 0 Å². The Hall–Kier alpha value is -0.530. The summed E-state index contributed by atoms with van der Waals surface area (Å²) in [5, 5.41) is 0.181. The predicted molar refractivity (Wildman–Crippen MR) is 79.6 cm³/mol. The summed E-state index contributed by atoms with van der Waals surface area (Å²) in [6, 6.07) is 2.62. The normalized spacial score (nSPS) is 23.1. The van der Waals surface area contributed by atoms with Crippen molar-refractivity contribution in [3.63, 3.8) is 0 Å². The van der Waals surface area contributed by atoms with Gasteiger partial charge in [-0.3, -0.25) is 0 Å². The highest BCUT2D eigenvalue weighted by Gasteiger charge is 2.30. The van der Waals surface area contributed by atoms with E-state index in [1.54, 1.807) is 7.11 Å². The number of nitrogen functional groups attached to an aromatic ring is 1. The molecule has 0 bridgehead atoms. The van der Waals surface area contributed by atoms with Crippen LogP contribution in [0.25, 0.3) is 0 Å². The van der Waals surface area contributed by atoms with Crippen molar-refractivity contribution in [1.29, 1.82) is 0 Å². The Kier molecular flexibility index (Phi) is 4.81. The van der Waals surface area contributed by atoms with Gasteiger partial charge in [0.2, 0.25) is 10.0 Å². The molecule has 0 radical (unpaired) electrons. The lowest BCUT2D eigenvalue weighted by molar-refractivity contribution is 0.107. The van der Waals surface area contributed by atoms with E-state index < -0.39 is 10.0 Å². The first-order valence-corrected chi connectivity index (χ1v) is 8.37. The van der Waals surface area contributed by atoms with Gasteiger partial charge in [-0.05, 0) is 31.4 Å². The number of ether oxygens (including phenoxy) is 1. The molecule has 1 aromatic rings. The number of rotatable bonds is 4. The first-order valence-electron chi connectivity index (χ1n) is 6.13. The van der Waals surface area contributed by atoms with Crippen LogP contribution >= 0.6 is 23.2 Å². The SMILES string of the molecule is COC1CCC(NS(=O)(=O)c2ccc(Cl)c(N)c2Cl)C1. The Morgan fingerprint density at radius 1 is 1.35 bits per heavy atom. The lowest BCUT2D eigenvalue weighted by Crippen LogP contribution is -2.33. The zero-order valence-electron chi connectivity index (χ0n) is 10.9. The van der Waals surface area contributed by atoms with E-state index in [0.717, 1.165) is 12.8 Å². The summed E-state index contributed by atoms with van der Waals surface area (Å²) < 4.78 is 32.5. The van der Waals surface area contributed by atoms with Gasteiger partial charge in [0.05, 0.1) is 21.8 Å². The van der Waals surface area contributed by atoms with Crippen LogP contribution in [0.3, 0.4) is 0 Å². The van der Waals surface area contributed by atoms with E-state index in [4.69, 9.17) is 33.7 Å².